The molecule has 4 heteroatoms. The highest BCUT2D eigenvalue weighted by Crippen LogP contribution is 2.27. The standard InChI is InChI=1S/C11H15Cl2NO/c1-11(6-14,7-15)5-8-4-9(12)2-3-10(8)13/h2-4,15H,5-7,14H2,1H3. The van der Waals surface area contributed by atoms with Crippen molar-refractivity contribution in [3.63, 3.8) is 0 Å². The third kappa shape index (κ3) is 3.35. The average molecular weight is 248 g/mol. The number of aliphatic hydroxyl groups excluding tert-OH is 1. The predicted octanol–water partition coefficient (Wildman–Crippen LogP) is 2.49. The summed E-state index contributed by atoms with van der Waals surface area (Å²) in [5.41, 5.74) is 6.20. The van der Waals surface area contributed by atoms with Gasteiger partial charge in [-0.2, -0.15) is 0 Å². The topological polar surface area (TPSA) is 46.2 Å². The first-order valence-corrected chi connectivity index (χ1v) is 5.51. The molecule has 0 bridgehead atoms. The van der Waals surface area contributed by atoms with Gasteiger partial charge in [0.2, 0.25) is 0 Å². The lowest BCUT2D eigenvalue weighted by atomic mass is 9.84. The molecule has 0 aliphatic carbocycles. The van der Waals surface area contributed by atoms with Crippen LogP contribution >= 0.6 is 23.2 Å². The predicted molar refractivity (Wildman–Crippen MR) is 64.4 cm³/mol. The van der Waals surface area contributed by atoms with E-state index in [1.54, 1.807) is 12.1 Å². The number of benzene rings is 1. The van der Waals surface area contributed by atoms with Crippen LogP contribution in [0.2, 0.25) is 10.0 Å². The molecular formula is C11H15Cl2NO. The fraction of sp³-hybridized carbons (Fsp3) is 0.455. The van der Waals surface area contributed by atoms with E-state index in [9.17, 15) is 5.11 Å². The molecule has 0 heterocycles. The summed E-state index contributed by atoms with van der Waals surface area (Å²) < 4.78 is 0. The molecule has 1 unspecified atom stereocenters. The second-order valence-electron chi connectivity index (χ2n) is 4.09. The minimum absolute atomic E-state index is 0.0341. The van der Waals surface area contributed by atoms with Gasteiger partial charge in [0.05, 0.1) is 0 Å². The zero-order valence-electron chi connectivity index (χ0n) is 8.63. The van der Waals surface area contributed by atoms with Crippen LogP contribution in [0.15, 0.2) is 18.2 Å². The van der Waals surface area contributed by atoms with Crippen molar-refractivity contribution in [2.24, 2.45) is 11.1 Å². The number of hydrogen-bond donors (Lipinski definition) is 2. The van der Waals surface area contributed by atoms with Gasteiger partial charge in [-0.05, 0) is 30.2 Å². The molecule has 1 rings (SSSR count). The van der Waals surface area contributed by atoms with Gasteiger partial charge in [0.25, 0.3) is 0 Å². The van der Waals surface area contributed by atoms with Crippen molar-refractivity contribution in [2.45, 2.75) is 13.3 Å². The highest BCUT2D eigenvalue weighted by atomic mass is 35.5. The van der Waals surface area contributed by atoms with Gasteiger partial charge >= 0.3 is 0 Å². The highest BCUT2D eigenvalue weighted by Gasteiger charge is 2.23. The van der Waals surface area contributed by atoms with E-state index < -0.39 is 0 Å². The van der Waals surface area contributed by atoms with Crippen molar-refractivity contribution in [2.75, 3.05) is 13.2 Å². The Kier molecular flexibility index (Phi) is 4.41. The van der Waals surface area contributed by atoms with Gasteiger partial charge in [-0.15, -0.1) is 0 Å². The Labute approximate surface area is 100.0 Å². The minimum Gasteiger partial charge on any atom is -0.396 e. The van der Waals surface area contributed by atoms with Gasteiger partial charge in [-0.1, -0.05) is 30.1 Å². The van der Waals surface area contributed by atoms with Crippen LogP contribution in [-0.2, 0) is 6.42 Å². The molecule has 0 aromatic heterocycles. The molecule has 1 atom stereocenters. The van der Waals surface area contributed by atoms with Gasteiger partial charge in [-0.25, -0.2) is 0 Å². The summed E-state index contributed by atoms with van der Waals surface area (Å²) >= 11 is 11.9. The summed E-state index contributed by atoms with van der Waals surface area (Å²) in [5, 5.41) is 10.6. The maximum atomic E-state index is 9.25. The molecule has 0 aliphatic rings. The zero-order valence-corrected chi connectivity index (χ0v) is 10.1. The van der Waals surface area contributed by atoms with Gasteiger partial charge in [0.1, 0.15) is 0 Å². The molecule has 0 spiro atoms. The van der Waals surface area contributed by atoms with Crippen LogP contribution in [-0.4, -0.2) is 18.3 Å². The molecule has 84 valence electrons. The van der Waals surface area contributed by atoms with Crippen molar-refractivity contribution in [1.82, 2.24) is 0 Å². The monoisotopic (exact) mass is 247 g/mol. The van der Waals surface area contributed by atoms with Crippen LogP contribution in [0.5, 0.6) is 0 Å². The fourth-order valence-electron chi connectivity index (χ4n) is 1.33. The minimum atomic E-state index is -0.339. The Bertz CT molecular complexity index is 337. The lowest BCUT2D eigenvalue weighted by Crippen LogP contribution is -2.33. The first-order chi connectivity index (χ1) is 7.00. The Hall–Kier alpha value is -0.280. The van der Waals surface area contributed by atoms with Crippen LogP contribution < -0.4 is 5.73 Å². The lowest BCUT2D eigenvalue weighted by Gasteiger charge is -2.25. The number of nitrogens with two attached hydrogens (primary N) is 1. The summed E-state index contributed by atoms with van der Waals surface area (Å²) in [6.45, 7) is 2.36. The van der Waals surface area contributed by atoms with Crippen LogP contribution in [0.3, 0.4) is 0 Å². The molecule has 1 aromatic rings. The van der Waals surface area contributed by atoms with E-state index in [1.807, 2.05) is 13.0 Å². The third-order valence-electron chi connectivity index (χ3n) is 2.50. The molecule has 15 heavy (non-hydrogen) atoms. The lowest BCUT2D eigenvalue weighted by molar-refractivity contribution is 0.149. The zero-order chi connectivity index (χ0) is 11.5. The Balaban J connectivity index is 2.92. The van der Waals surface area contributed by atoms with Gasteiger partial charge in [0.15, 0.2) is 0 Å². The Morgan fingerprint density at radius 3 is 2.60 bits per heavy atom. The van der Waals surface area contributed by atoms with E-state index in [2.05, 4.69) is 0 Å². The van der Waals surface area contributed by atoms with Crippen molar-refractivity contribution in [3.8, 4) is 0 Å². The van der Waals surface area contributed by atoms with E-state index >= 15 is 0 Å². The molecule has 0 saturated carbocycles. The average Bonchev–Trinajstić information content (AvgIpc) is 2.23. The van der Waals surface area contributed by atoms with E-state index in [1.165, 1.54) is 0 Å². The number of halogens is 2. The SMILES string of the molecule is CC(CN)(CO)Cc1cc(Cl)ccc1Cl. The molecular weight excluding hydrogens is 233 g/mol. The first-order valence-electron chi connectivity index (χ1n) is 4.75. The largest absolute Gasteiger partial charge is 0.396 e. The Morgan fingerprint density at radius 2 is 2.07 bits per heavy atom. The Morgan fingerprint density at radius 1 is 1.40 bits per heavy atom. The second-order valence-corrected chi connectivity index (χ2v) is 4.93. The molecule has 1 aromatic carbocycles. The summed E-state index contributed by atoms with van der Waals surface area (Å²) in [6.07, 6.45) is 0.624. The van der Waals surface area contributed by atoms with Gasteiger partial charge < -0.3 is 10.8 Å². The smallest absolute Gasteiger partial charge is 0.0500 e. The molecule has 3 N–H and O–H groups in total. The first kappa shape index (κ1) is 12.8. The maximum absolute atomic E-state index is 9.25. The summed E-state index contributed by atoms with van der Waals surface area (Å²) in [4.78, 5) is 0. The number of aliphatic hydroxyl groups is 1. The molecule has 0 saturated heterocycles. The van der Waals surface area contributed by atoms with Gasteiger partial charge in [0, 0.05) is 28.6 Å². The third-order valence-corrected chi connectivity index (χ3v) is 3.10. The maximum Gasteiger partial charge on any atom is 0.0500 e. The molecule has 0 radical (unpaired) electrons. The van der Waals surface area contributed by atoms with Crippen LogP contribution in [0.25, 0.3) is 0 Å². The van der Waals surface area contributed by atoms with E-state index in [0.717, 1.165) is 5.56 Å². The summed E-state index contributed by atoms with van der Waals surface area (Å²) in [6, 6.07) is 5.31. The number of rotatable bonds is 4. The summed E-state index contributed by atoms with van der Waals surface area (Å²) in [5.74, 6) is 0. The van der Waals surface area contributed by atoms with Crippen LogP contribution in [0.1, 0.15) is 12.5 Å². The quantitative estimate of drug-likeness (QED) is 0.859. The van der Waals surface area contributed by atoms with E-state index in [0.29, 0.717) is 23.0 Å². The highest BCUT2D eigenvalue weighted by molar-refractivity contribution is 6.33. The molecule has 0 fully saturated rings. The fourth-order valence-corrected chi connectivity index (χ4v) is 1.71. The number of hydrogen-bond acceptors (Lipinski definition) is 2. The second kappa shape index (κ2) is 5.17. The molecule has 0 amide bonds. The van der Waals surface area contributed by atoms with E-state index in [4.69, 9.17) is 28.9 Å². The molecule has 2 nitrogen and oxygen atoms in total. The van der Waals surface area contributed by atoms with Crippen LogP contribution in [0.4, 0.5) is 0 Å². The van der Waals surface area contributed by atoms with Crippen molar-refractivity contribution in [3.05, 3.63) is 33.8 Å². The van der Waals surface area contributed by atoms with Crippen molar-refractivity contribution < 1.29 is 5.11 Å². The van der Waals surface area contributed by atoms with Crippen molar-refractivity contribution in [1.29, 1.82) is 0 Å². The normalized spacial score (nSPS) is 15.0. The van der Waals surface area contributed by atoms with Gasteiger partial charge in [-0.3, -0.25) is 0 Å². The van der Waals surface area contributed by atoms with Crippen molar-refractivity contribution >= 4 is 23.2 Å². The van der Waals surface area contributed by atoms with Crippen LogP contribution in [0, 0.1) is 5.41 Å². The summed E-state index contributed by atoms with van der Waals surface area (Å²) in [7, 11) is 0. The molecule has 0 aliphatic heterocycles. The van der Waals surface area contributed by atoms with E-state index in [-0.39, 0.29) is 12.0 Å².